The third kappa shape index (κ3) is 7.35. The minimum Gasteiger partial charge on any atom is -0.494 e. The maximum atomic E-state index is 13.7. The van der Waals surface area contributed by atoms with Gasteiger partial charge in [0, 0.05) is 13.0 Å². The number of nitrogens with one attached hydrogen (secondary N) is 1. The van der Waals surface area contributed by atoms with E-state index in [2.05, 4.69) is 26.1 Å². The Morgan fingerprint density at radius 1 is 1.03 bits per heavy atom. The van der Waals surface area contributed by atoms with Gasteiger partial charge in [-0.2, -0.15) is 0 Å². The first kappa shape index (κ1) is 24.3. The lowest BCUT2D eigenvalue weighted by Gasteiger charge is -2.21. The summed E-state index contributed by atoms with van der Waals surface area (Å²) in [5, 5.41) is 2.19. The molecule has 0 saturated carbocycles. The Bertz CT molecular complexity index is 872. The first-order chi connectivity index (χ1) is 14.6. The second kappa shape index (κ2) is 10.9. The molecule has 0 radical (unpaired) electrons. The van der Waals surface area contributed by atoms with Crippen molar-refractivity contribution in [3.63, 3.8) is 0 Å². The van der Waals surface area contributed by atoms with Crippen LogP contribution in [0.1, 0.15) is 46.1 Å². The Hall–Kier alpha value is -2.96. The van der Waals surface area contributed by atoms with Crippen LogP contribution in [-0.2, 0) is 15.0 Å². The van der Waals surface area contributed by atoms with Gasteiger partial charge in [0.1, 0.15) is 23.1 Å². The number of hydrogen-bond donors (Lipinski definition) is 1. The van der Waals surface area contributed by atoms with Crippen molar-refractivity contribution in [2.24, 2.45) is 0 Å². The third-order valence-corrected chi connectivity index (χ3v) is 4.82. The number of rotatable bonds is 9. The summed E-state index contributed by atoms with van der Waals surface area (Å²) < 4.78 is 33.0. The number of carbonyl (C=O) groups is 2. The Labute approximate surface area is 182 Å². The molecule has 2 aromatic rings. The van der Waals surface area contributed by atoms with Crippen LogP contribution >= 0.6 is 0 Å². The number of ether oxygens (including phenoxy) is 1. The number of halogens is 2. The quantitative estimate of drug-likeness (QED) is 0.573. The van der Waals surface area contributed by atoms with E-state index in [1.807, 2.05) is 24.3 Å². The molecule has 31 heavy (non-hydrogen) atoms. The van der Waals surface area contributed by atoms with E-state index in [9.17, 15) is 18.4 Å². The summed E-state index contributed by atoms with van der Waals surface area (Å²) in [5.41, 5.74) is 0.767. The molecule has 0 aromatic heterocycles. The van der Waals surface area contributed by atoms with Gasteiger partial charge in [0.25, 0.3) is 0 Å². The number of para-hydroxylation sites is 1. The van der Waals surface area contributed by atoms with Crippen molar-refractivity contribution in [2.45, 2.75) is 46.0 Å². The average Bonchev–Trinajstić information content (AvgIpc) is 2.71. The molecule has 0 atom stereocenters. The van der Waals surface area contributed by atoms with Crippen molar-refractivity contribution >= 4 is 17.5 Å². The van der Waals surface area contributed by atoms with Crippen LogP contribution in [0.3, 0.4) is 0 Å². The van der Waals surface area contributed by atoms with Gasteiger partial charge in [0.15, 0.2) is 0 Å². The van der Waals surface area contributed by atoms with E-state index in [0.717, 1.165) is 17.9 Å². The lowest BCUT2D eigenvalue weighted by Crippen LogP contribution is -2.38. The molecule has 1 N–H and O–H groups in total. The number of hydrogen-bond acceptors (Lipinski definition) is 3. The van der Waals surface area contributed by atoms with Crippen LogP contribution in [0.5, 0.6) is 5.75 Å². The second-order valence-corrected chi connectivity index (χ2v) is 8.28. The summed E-state index contributed by atoms with van der Waals surface area (Å²) in [7, 11) is 0. The highest BCUT2D eigenvalue weighted by Gasteiger charge is 2.18. The first-order valence-corrected chi connectivity index (χ1v) is 10.4. The van der Waals surface area contributed by atoms with Gasteiger partial charge in [-0.3, -0.25) is 9.59 Å². The summed E-state index contributed by atoms with van der Waals surface area (Å²) in [6.45, 7) is 8.55. The standard InChI is InChI=1S/C24H30F2N2O3/c1-5-28(16-21(29)27-23-19(25)8-6-9-20(23)26)22(30)10-7-15-31-18-13-11-17(12-14-18)24(2,3)4/h6,8-9,11-14H,5,7,10,15-16H2,1-4H3,(H,27,29). The Morgan fingerprint density at radius 3 is 2.19 bits per heavy atom. The van der Waals surface area contributed by atoms with Gasteiger partial charge in [-0.25, -0.2) is 8.78 Å². The minimum absolute atomic E-state index is 0.0684. The predicted octanol–water partition coefficient (Wildman–Crippen LogP) is 4.91. The predicted molar refractivity (Wildman–Crippen MR) is 117 cm³/mol. The van der Waals surface area contributed by atoms with E-state index in [1.165, 1.54) is 16.5 Å². The monoisotopic (exact) mass is 432 g/mol. The van der Waals surface area contributed by atoms with Crippen LogP contribution < -0.4 is 10.1 Å². The molecule has 0 spiro atoms. The molecule has 2 rings (SSSR count). The molecule has 0 saturated heterocycles. The second-order valence-electron chi connectivity index (χ2n) is 8.28. The zero-order chi connectivity index (χ0) is 23.0. The highest BCUT2D eigenvalue weighted by molar-refractivity contribution is 5.94. The molecular weight excluding hydrogens is 402 g/mol. The maximum absolute atomic E-state index is 13.7. The smallest absolute Gasteiger partial charge is 0.244 e. The van der Waals surface area contributed by atoms with Crippen molar-refractivity contribution in [1.29, 1.82) is 0 Å². The maximum Gasteiger partial charge on any atom is 0.244 e. The minimum atomic E-state index is -0.865. The van der Waals surface area contributed by atoms with Crippen LogP contribution in [0, 0.1) is 11.6 Å². The molecule has 0 aliphatic heterocycles. The molecule has 0 aliphatic carbocycles. The van der Waals surface area contributed by atoms with Crippen LogP contribution in [0.25, 0.3) is 0 Å². The molecule has 0 bridgehead atoms. The van der Waals surface area contributed by atoms with Gasteiger partial charge in [0.2, 0.25) is 11.8 Å². The van der Waals surface area contributed by atoms with Gasteiger partial charge in [-0.15, -0.1) is 0 Å². The van der Waals surface area contributed by atoms with E-state index >= 15 is 0 Å². The van der Waals surface area contributed by atoms with Crippen LogP contribution in [-0.4, -0.2) is 36.4 Å². The Balaban J connectivity index is 1.79. The van der Waals surface area contributed by atoms with Crippen molar-refractivity contribution in [2.75, 3.05) is 25.0 Å². The largest absolute Gasteiger partial charge is 0.494 e. The fourth-order valence-electron chi connectivity index (χ4n) is 2.97. The van der Waals surface area contributed by atoms with E-state index in [1.54, 1.807) is 6.92 Å². The van der Waals surface area contributed by atoms with Gasteiger partial charge >= 0.3 is 0 Å². The summed E-state index contributed by atoms with van der Waals surface area (Å²) in [4.78, 5) is 25.9. The molecular formula is C24H30F2N2O3. The molecule has 2 amide bonds. The zero-order valence-electron chi connectivity index (χ0n) is 18.5. The van der Waals surface area contributed by atoms with E-state index in [-0.39, 0.29) is 24.3 Å². The number of carbonyl (C=O) groups excluding carboxylic acids is 2. The van der Waals surface area contributed by atoms with Crippen molar-refractivity contribution in [3.05, 3.63) is 59.7 Å². The summed E-state index contributed by atoms with van der Waals surface area (Å²) in [5.74, 6) is -1.88. The van der Waals surface area contributed by atoms with E-state index < -0.39 is 23.2 Å². The van der Waals surface area contributed by atoms with Gasteiger partial charge in [-0.1, -0.05) is 39.0 Å². The topological polar surface area (TPSA) is 58.6 Å². The summed E-state index contributed by atoms with van der Waals surface area (Å²) in [6.07, 6.45) is 0.690. The fourth-order valence-corrected chi connectivity index (χ4v) is 2.97. The molecule has 168 valence electrons. The number of benzene rings is 2. The van der Waals surface area contributed by atoms with Gasteiger partial charge in [0.05, 0.1) is 13.2 Å². The highest BCUT2D eigenvalue weighted by Crippen LogP contribution is 2.24. The summed E-state index contributed by atoms with van der Waals surface area (Å²) >= 11 is 0. The fraction of sp³-hybridized carbons (Fsp3) is 0.417. The highest BCUT2D eigenvalue weighted by atomic mass is 19.1. The molecule has 0 heterocycles. The first-order valence-electron chi connectivity index (χ1n) is 10.4. The van der Waals surface area contributed by atoms with Crippen molar-refractivity contribution in [3.8, 4) is 5.75 Å². The Kier molecular flexibility index (Phi) is 8.54. The number of anilines is 1. The molecule has 5 nitrogen and oxygen atoms in total. The van der Waals surface area contributed by atoms with Crippen molar-refractivity contribution < 1.29 is 23.1 Å². The third-order valence-electron chi connectivity index (χ3n) is 4.82. The molecule has 0 aliphatic rings. The van der Waals surface area contributed by atoms with Gasteiger partial charge < -0.3 is 15.0 Å². The van der Waals surface area contributed by atoms with Crippen LogP contribution in [0.4, 0.5) is 14.5 Å². The molecule has 0 unspecified atom stereocenters. The normalized spacial score (nSPS) is 11.2. The molecule has 7 heteroatoms. The lowest BCUT2D eigenvalue weighted by molar-refractivity contribution is -0.134. The number of amides is 2. The van der Waals surface area contributed by atoms with Gasteiger partial charge in [-0.05, 0) is 48.6 Å². The van der Waals surface area contributed by atoms with E-state index in [4.69, 9.17) is 4.74 Å². The van der Waals surface area contributed by atoms with E-state index in [0.29, 0.717) is 19.6 Å². The number of likely N-dealkylation sites (N-methyl/N-ethyl adjacent to an activating group) is 1. The Morgan fingerprint density at radius 2 is 1.65 bits per heavy atom. The molecule has 0 fully saturated rings. The van der Waals surface area contributed by atoms with Crippen LogP contribution in [0.2, 0.25) is 0 Å². The van der Waals surface area contributed by atoms with Crippen molar-refractivity contribution in [1.82, 2.24) is 4.90 Å². The zero-order valence-corrected chi connectivity index (χ0v) is 18.5. The lowest BCUT2D eigenvalue weighted by atomic mass is 9.87. The molecule has 2 aromatic carbocycles. The SMILES string of the molecule is CCN(CC(=O)Nc1c(F)cccc1F)C(=O)CCCOc1ccc(C(C)(C)C)cc1. The average molecular weight is 433 g/mol. The summed E-state index contributed by atoms with van der Waals surface area (Å²) in [6, 6.07) is 11.2. The van der Waals surface area contributed by atoms with Crippen LogP contribution in [0.15, 0.2) is 42.5 Å². The number of nitrogens with zero attached hydrogens (tertiary/aromatic N) is 1.